The molecule has 0 aliphatic carbocycles. The van der Waals surface area contributed by atoms with Gasteiger partial charge in [0.25, 0.3) is 0 Å². The van der Waals surface area contributed by atoms with E-state index in [1.165, 1.54) is 12.1 Å². The van der Waals surface area contributed by atoms with Crippen LogP contribution in [-0.2, 0) is 13.0 Å². The number of hydrogen-bond donors (Lipinski definition) is 1. The molecule has 0 radical (unpaired) electrons. The fourth-order valence-corrected chi connectivity index (χ4v) is 2.21. The third kappa shape index (κ3) is 3.91. The van der Waals surface area contributed by atoms with Gasteiger partial charge in [0.2, 0.25) is 0 Å². The fraction of sp³-hybridized carbons (Fsp3) is 0.308. The van der Waals surface area contributed by atoms with E-state index in [0.717, 1.165) is 24.2 Å². The van der Waals surface area contributed by atoms with E-state index in [1.54, 1.807) is 11.3 Å². The first-order valence-electron chi connectivity index (χ1n) is 5.59. The Balaban J connectivity index is 1.80. The van der Waals surface area contributed by atoms with Crippen LogP contribution in [-0.4, -0.2) is 11.0 Å². The Labute approximate surface area is 105 Å². The normalized spacial score (nSPS) is 12.6. The summed E-state index contributed by atoms with van der Waals surface area (Å²) in [5.41, 5.74) is 4.05. The van der Waals surface area contributed by atoms with Crippen LogP contribution >= 0.6 is 11.3 Å². The molecule has 1 aromatic heterocycles. The highest BCUT2D eigenvalue weighted by atomic mass is 32.1. The van der Waals surface area contributed by atoms with E-state index in [1.807, 2.05) is 23.0 Å². The lowest BCUT2D eigenvalue weighted by Crippen LogP contribution is -2.27. The summed E-state index contributed by atoms with van der Waals surface area (Å²) in [6.45, 7) is 2.90. The molecule has 1 N–H and O–H groups in total. The molecule has 2 aromatic rings. The Kier molecular flexibility index (Phi) is 4.23. The highest BCUT2D eigenvalue weighted by Gasteiger charge is 2.04. The lowest BCUT2D eigenvalue weighted by molar-refractivity contribution is 0.540. The molecular weight excluding hydrogens is 235 g/mol. The van der Waals surface area contributed by atoms with Crippen LogP contribution < -0.4 is 5.32 Å². The van der Waals surface area contributed by atoms with Crippen molar-refractivity contribution in [3.05, 3.63) is 52.2 Å². The summed E-state index contributed by atoms with van der Waals surface area (Å²) in [6.07, 6.45) is 0.893. The Morgan fingerprint density at radius 2 is 2.12 bits per heavy atom. The van der Waals surface area contributed by atoms with Crippen molar-refractivity contribution in [3.63, 3.8) is 0 Å². The molecule has 1 unspecified atom stereocenters. The van der Waals surface area contributed by atoms with Crippen molar-refractivity contribution in [2.45, 2.75) is 25.9 Å². The maximum atomic E-state index is 12.7. The van der Waals surface area contributed by atoms with Gasteiger partial charge < -0.3 is 5.32 Å². The van der Waals surface area contributed by atoms with E-state index in [-0.39, 0.29) is 5.82 Å². The predicted octanol–water partition coefficient (Wildman–Crippen LogP) is 3.00. The van der Waals surface area contributed by atoms with Crippen LogP contribution in [0, 0.1) is 5.82 Å². The van der Waals surface area contributed by atoms with Gasteiger partial charge in [-0.2, -0.15) is 0 Å². The van der Waals surface area contributed by atoms with Gasteiger partial charge in [0.1, 0.15) is 5.82 Å². The molecule has 2 nitrogen and oxygen atoms in total. The van der Waals surface area contributed by atoms with Crippen LogP contribution in [0.5, 0.6) is 0 Å². The number of aromatic nitrogens is 1. The minimum atomic E-state index is -0.183. The summed E-state index contributed by atoms with van der Waals surface area (Å²) >= 11 is 1.60. The maximum Gasteiger partial charge on any atom is 0.123 e. The second kappa shape index (κ2) is 5.89. The number of nitrogens with zero attached hydrogens (tertiary/aromatic N) is 1. The van der Waals surface area contributed by atoms with Crippen LogP contribution in [0.1, 0.15) is 18.2 Å². The molecule has 0 spiro atoms. The highest BCUT2D eigenvalue weighted by molar-refractivity contribution is 7.07. The Morgan fingerprint density at radius 3 is 2.76 bits per heavy atom. The lowest BCUT2D eigenvalue weighted by Gasteiger charge is -2.12. The molecule has 17 heavy (non-hydrogen) atoms. The standard InChI is InChI=1S/C13H15FN2S/c1-10(15-7-13-8-17-9-16-13)6-11-2-4-12(14)5-3-11/h2-5,8-10,15H,6-7H2,1H3. The van der Waals surface area contributed by atoms with Gasteiger partial charge in [-0.15, -0.1) is 11.3 Å². The van der Waals surface area contributed by atoms with Crippen LogP contribution in [0.4, 0.5) is 4.39 Å². The summed E-state index contributed by atoms with van der Waals surface area (Å²) in [7, 11) is 0. The Morgan fingerprint density at radius 1 is 1.35 bits per heavy atom. The molecule has 1 aromatic carbocycles. The van der Waals surface area contributed by atoms with Crippen molar-refractivity contribution in [2.24, 2.45) is 0 Å². The van der Waals surface area contributed by atoms with E-state index >= 15 is 0 Å². The first-order chi connectivity index (χ1) is 8.24. The zero-order valence-corrected chi connectivity index (χ0v) is 10.5. The second-order valence-corrected chi connectivity index (χ2v) is 4.81. The van der Waals surface area contributed by atoms with Crippen molar-refractivity contribution in [3.8, 4) is 0 Å². The van der Waals surface area contributed by atoms with E-state index in [2.05, 4.69) is 17.2 Å². The topological polar surface area (TPSA) is 24.9 Å². The van der Waals surface area contributed by atoms with E-state index in [0.29, 0.717) is 6.04 Å². The van der Waals surface area contributed by atoms with Gasteiger partial charge in [-0.25, -0.2) is 9.37 Å². The summed E-state index contributed by atoms with van der Waals surface area (Å²) in [5.74, 6) is -0.183. The van der Waals surface area contributed by atoms with Gasteiger partial charge in [-0.1, -0.05) is 12.1 Å². The summed E-state index contributed by atoms with van der Waals surface area (Å²) in [5, 5.41) is 5.44. The van der Waals surface area contributed by atoms with Gasteiger partial charge in [-0.3, -0.25) is 0 Å². The molecule has 0 aliphatic heterocycles. The van der Waals surface area contributed by atoms with E-state index < -0.39 is 0 Å². The molecule has 0 aliphatic rings. The largest absolute Gasteiger partial charge is 0.308 e. The third-order valence-electron chi connectivity index (χ3n) is 2.57. The van der Waals surface area contributed by atoms with Crippen LogP contribution in [0.2, 0.25) is 0 Å². The van der Waals surface area contributed by atoms with E-state index in [4.69, 9.17) is 0 Å². The zero-order valence-electron chi connectivity index (χ0n) is 9.69. The lowest BCUT2D eigenvalue weighted by atomic mass is 10.1. The minimum Gasteiger partial charge on any atom is -0.308 e. The van der Waals surface area contributed by atoms with Gasteiger partial charge >= 0.3 is 0 Å². The Hall–Kier alpha value is -1.26. The average Bonchev–Trinajstić information content (AvgIpc) is 2.83. The fourth-order valence-electron chi connectivity index (χ4n) is 1.65. The van der Waals surface area contributed by atoms with Gasteiger partial charge in [0.05, 0.1) is 11.2 Å². The van der Waals surface area contributed by atoms with Crippen molar-refractivity contribution in [1.29, 1.82) is 0 Å². The molecule has 0 bridgehead atoms. The third-order valence-corrected chi connectivity index (χ3v) is 3.21. The van der Waals surface area contributed by atoms with Crippen LogP contribution in [0.3, 0.4) is 0 Å². The zero-order chi connectivity index (χ0) is 12.1. The Bertz CT molecular complexity index is 439. The van der Waals surface area contributed by atoms with Crippen molar-refractivity contribution < 1.29 is 4.39 Å². The molecule has 0 saturated carbocycles. The van der Waals surface area contributed by atoms with Crippen LogP contribution in [0.15, 0.2) is 35.2 Å². The first-order valence-corrected chi connectivity index (χ1v) is 6.53. The van der Waals surface area contributed by atoms with Gasteiger partial charge in [-0.05, 0) is 31.0 Å². The van der Waals surface area contributed by atoms with Gasteiger partial charge in [0.15, 0.2) is 0 Å². The van der Waals surface area contributed by atoms with Crippen molar-refractivity contribution in [1.82, 2.24) is 10.3 Å². The number of benzene rings is 1. The number of hydrogen-bond acceptors (Lipinski definition) is 3. The summed E-state index contributed by atoms with van der Waals surface area (Å²) in [6, 6.07) is 7.01. The quantitative estimate of drug-likeness (QED) is 0.882. The molecule has 1 heterocycles. The van der Waals surface area contributed by atoms with Crippen molar-refractivity contribution >= 4 is 11.3 Å². The highest BCUT2D eigenvalue weighted by Crippen LogP contribution is 2.06. The summed E-state index contributed by atoms with van der Waals surface area (Å²) in [4.78, 5) is 4.21. The molecule has 0 saturated heterocycles. The van der Waals surface area contributed by atoms with E-state index in [9.17, 15) is 4.39 Å². The van der Waals surface area contributed by atoms with Crippen molar-refractivity contribution in [2.75, 3.05) is 0 Å². The van der Waals surface area contributed by atoms with Crippen LogP contribution in [0.25, 0.3) is 0 Å². The molecule has 90 valence electrons. The number of nitrogens with one attached hydrogen (secondary N) is 1. The minimum absolute atomic E-state index is 0.183. The molecule has 1 atom stereocenters. The number of halogens is 1. The molecule has 0 amide bonds. The predicted molar refractivity (Wildman–Crippen MR) is 68.5 cm³/mol. The average molecular weight is 250 g/mol. The summed E-state index contributed by atoms with van der Waals surface area (Å²) < 4.78 is 12.7. The smallest absolute Gasteiger partial charge is 0.123 e. The van der Waals surface area contributed by atoms with Gasteiger partial charge in [0, 0.05) is 18.0 Å². The molecule has 2 rings (SSSR count). The monoisotopic (exact) mass is 250 g/mol. The SMILES string of the molecule is CC(Cc1ccc(F)cc1)NCc1cscn1. The molecule has 4 heteroatoms. The molecule has 0 fully saturated rings. The second-order valence-electron chi connectivity index (χ2n) is 4.09. The molecular formula is C13H15FN2S. The maximum absolute atomic E-state index is 12.7. The number of rotatable bonds is 5. The number of thiazole rings is 1. The first kappa shape index (κ1) is 12.2.